The van der Waals surface area contributed by atoms with Crippen LogP contribution in [0.5, 0.6) is 5.88 Å². The average Bonchev–Trinajstić information content (AvgIpc) is 2.95. The van der Waals surface area contributed by atoms with E-state index in [1.807, 2.05) is 43.3 Å². The normalized spacial score (nSPS) is 10.4. The van der Waals surface area contributed by atoms with Crippen LogP contribution in [0, 0.1) is 6.92 Å². The topological polar surface area (TPSA) is 69.0 Å². The molecule has 1 N–H and O–H groups in total. The molecular formula is C18H18N4O2. The van der Waals surface area contributed by atoms with Crippen molar-refractivity contribution in [3.05, 3.63) is 71.5 Å². The minimum atomic E-state index is -0.237. The van der Waals surface area contributed by atoms with E-state index in [0.717, 1.165) is 11.3 Å². The second-order valence-corrected chi connectivity index (χ2v) is 5.36. The van der Waals surface area contributed by atoms with Crippen molar-refractivity contribution in [1.29, 1.82) is 0 Å². The summed E-state index contributed by atoms with van der Waals surface area (Å²) >= 11 is 0. The van der Waals surface area contributed by atoms with Crippen LogP contribution >= 0.6 is 0 Å². The number of carbonyl (C=O) groups excluding carboxylic acids is 1. The van der Waals surface area contributed by atoms with Crippen LogP contribution in [-0.2, 0) is 6.54 Å². The Kier molecular flexibility index (Phi) is 4.56. The lowest BCUT2D eigenvalue weighted by Gasteiger charge is -2.09. The molecule has 3 aromatic rings. The zero-order chi connectivity index (χ0) is 16.9. The van der Waals surface area contributed by atoms with E-state index in [0.29, 0.717) is 23.8 Å². The van der Waals surface area contributed by atoms with Gasteiger partial charge in [-0.05, 0) is 18.6 Å². The van der Waals surface area contributed by atoms with Crippen molar-refractivity contribution in [3.8, 4) is 5.88 Å². The molecule has 0 saturated heterocycles. The Bertz CT molecular complexity index is 826. The number of carbonyl (C=O) groups is 1. The highest BCUT2D eigenvalue weighted by molar-refractivity contribution is 6.03. The number of hydrogen-bond acceptors (Lipinski definition) is 4. The molecule has 0 unspecified atom stereocenters. The number of rotatable bonds is 5. The molecule has 0 aliphatic carbocycles. The monoisotopic (exact) mass is 322 g/mol. The highest BCUT2D eigenvalue weighted by Gasteiger charge is 2.12. The minimum Gasteiger partial charge on any atom is -0.481 e. The molecule has 3 rings (SSSR count). The van der Waals surface area contributed by atoms with Gasteiger partial charge in [-0.1, -0.05) is 30.3 Å². The van der Waals surface area contributed by atoms with Crippen LogP contribution in [0.25, 0.3) is 0 Å². The van der Waals surface area contributed by atoms with E-state index in [9.17, 15) is 4.79 Å². The molecule has 24 heavy (non-hydrogen) atoms. The van der Waals surface area contributed by atoms with E-state index in [1.54, 1.807) is 16.8 Å². The van der Waals surface area contributed by atoms with Gasteiger partial charge in [0.1, 0.15) is 5.82 Å². The van der Waals surface area contributed by atoms with Crippen molar-refractivity contribution in [3.63, 3.8) is 0 Å². The molecule has 6 heteroatoms. The molecule has 2 heterocycles. The molecule has 0 aliphatic rings. The van der Waals surface area contributed by atoms with Crippen molar-refractivity contribution in [1.82, 2.24) is 14.8 Å². The minimum absolute atomic E-state index is 0.237. The third-order valence-corrected chi connectivity index (χ3v) is 3.53. The Morgan fingerprint density at radius 2 is 2.00 bits per heavy atom. The average molecular weight is 322 g/mol. The number of anilines is 1. The quantitative estimate of drug-likeness (QED) is 0.784. The van der Waals surface area contributed by atoms with Gasteiger partial charge in [0.15, 0.2) is 0 Å². The van der Waals surface area contributed by atoms with Crippen LogP contribution in [0.4, 0.5) is 5.82 Å². The van der Waals surface area contributed by atoms with Crippen LogP contribution in [0.2, 0.25) is 0 Å². The SMILES string of the molecule is COc1ccc(C(=O)Nc2cc(C)nn2Cc2ccccc2)cn1. The summed E-state index contributed by atoms with van der Waals surface area (Å²) in [5.41, 5.74) is 2.41. The van der Waals surface area contributed by atoms with E-state index in [-0.39, 0.29) is 5.91 Å². The van der Waals surface area contributed by atoms with E-state index >= 15 is 0 Å². The number of amides is 1. The maximum absolute atomic E-state index is 12.4. The molecule has 0 fully saturated rings. The fraction of sp³-hybridized carbons (Fsp3) is 0.167. The maximum atomic E-state index is 12.4. The van der Waals surface area contributed by atoms with Crippen molar-refractivity contribution >= 4 is 11.7 Å². The first-order valence-corrected chi connectivity index (χ1v) is 7.55. The van der Waals surface area contributed by atoms with E-state index in [2.05, 4.69) is 15.4 Å². The largest absolute Gasteiger partial charge is 0.481 e. The molecule has 2 aromatic heterocycles. The predicted octanol–water partition coefficient (Wildman–Crippen LogP) is 2.90. The Morgan fingerprint density at radius 3 is 2.67 bits per heavy atom. The smallest absolute Gasteiger partial charge is 0.258 e. The first-order valence-electron chi connectivity index (χ1n) is 7.55. The van der Waals surface area contributed by atoms with E-state index < -0.39 is 0 Å². The lowest BCUT2D eigenvalue weighted by atomic mass is 10.2. The maximum Gasteiger partial charge on any atom is 0.258 e. The third-order valence-electron chi connectivity index (χ3n) is 3.53. The van der Waals surface area contributed by atoms with Gasteiger partial charge in [-0.2, -0.15) is 5.10 Å². The molecule has 0 saturated carbocycles. The number of methoxy groups -OCH3 is 1. The number of pyridine rings is 1. The Labute approximate surface area is 140 Å². The summed E-state index contributed by atoms with van der Waals surface area (Å²) in [6.07, 6.45) is 1.49. The van der Waals surface area contributed by atoms with Crippen LogP contribution in [0.15, 0.2) is 54.7 Å². The van der Waals surface area contributed by atoms with Gasteiger partial charge in [-0.15, -0.1) is 0 Å². The van der Waals surface area contributed by atoms with Gasteiger partial charge in [-0.25, -0.2) is 9.67 Å². The molecule has 1 aromatic carbocycles. The second-order valence-electron chi connectivity index (χ2n) is 5.36. The number of hydrogen-bond donors (Lipinski definition) is 1. The lowest BCUT2D eigenvalue weighted by molar-refractivity contribution is 0.102. The van der Waals surface area contributed by atoms with Crippen LogP contribution in [0.1, 0.15) is 21.6 Å². The van der Waals surface area contributed by atoms with Crippen molar-refractivity contribution in [2.24, 2.45) is 0 Å². The first-order chi connectivity index (χ1) is 11.7. The molecule has 122 valence electrons. The van der Waals surface area contributed by atoms with Gasteiger partial charge in [-0.3, -0.25) is 4.79 Å². The zero-order valence-corrected chi connectivity index (χ0v) is 13.6. The molecule has 0 spiro atoms. The van der Waals surface area contributed by atoms with E-state index in [4.69, 9.17) is 4.74 Å². The van der Waals surface area contributed by atoms with Gasteiger partial charge >= 0.3 is 0 Å². The molecule has 0 radical (unpaired) electrons. The predicted molar refractivity (Wildman–Crippen MR) is 91.3 cm³/mol. The number of benzene rings is 1. The van der Waals surface area contributed by atoms with Crippen LogP contribution in [-0.4, -0.2) is 27.8 Å². The van der Waals surface area contributed by atoms with Gasteiger partial charge in [0.25, 0.3) is 5.91 Å². The Balaban J connectivity index is 1.78. The summed E-state index contributed by atoms with van der Waals surface area (Å²) in [4.78, 5) is 16.4. The number of nitrogens with zero attached hydrogens (tertiary/aromatic N) is 3. The fourth-order valence-corrected chi connectivity index (χ4v) is 2.35. The molecule has 6 nitrogen and oxygen atoms in total. The van der Waals surface area contributed by atoms with Gasteiger partial charge in [0.05, 0.1) is 24.9 Å². The van der Waals surface area contributed by atoms with Crippen LogP contribution in [0.3, 0.4) is 0 Å². The van der Waals surface area contributed by atoms with Crippen molar-refractivity contribution < 1.29 is 9.53 Å². The number of ether oxygens (including phenoxy) is 1. The zero-order valence-electron chi connectivity index (χ0n) is 13.6. The summed E-state index contributed by atoms with van der Waals surface area (Å²) < 4.78 is 6.78. The third kappa shape index (κ3) is 3.60. The highest BCUT2D eigenvalue weighted by atomic mass is 16.5. The lowest BCUT2D eigenvalue weighted by Crippen LogP contribution is -2.16. The molecular weight excluding hydrogens is 304 g/mol. The summed E-state index contributed by atoms with van der Waals surface area (Å²) in [5, 5.41) is 7.33. The molecule has 0 atom stereocenters. The van der Waals surface area contributed by atoms with Gasteiger partial charge in [0.2, 0.25) is 5.88 Å². The summed E-state index contributed by atoms with van der Waals surface area (Å²) in [6, 6.07) is 15.1. The van der Waals surface area contributed by atoms with Crippen molar-refractivity contribution in [2.75, 3.05) is 12.4 Å². The van der Waals surface area contributed by atoms with Gasteiger partial charge in [0, 0.05) is 18.3 Å². The summed E-state index contributed by atoms with van der Waals surface area (Å²) in [6.45, 7) is 2.48. The first kappa shape index (κ1) is 15.7. The number of nitrogens with one attached hydrogen (secondary N) is 1. The van der Waals surface area contributed by atoms with Crippen molar-refractivity contribution in [2.45, 2.75) is 13.5 Å². The standard InChI is InChI=1S/C18H18N4O2/c1-13-10-16(22(21-13)12-14-6-4-3-5-7-14)20-18(23)15-8-9-17(24-2)19-11-15/h3-11H,12H2,1-2H3,(H,20,23). The van der Waals surface area contributed by atoms with Crippen LogP contribution < -0.4 is 10.1 Å². The Hall–Kier alpha value is -3.15. The molecule has 0 aliphatic heterocycles. The highest BCUT2D eigenvalue weighted by Crippen LogP contribution is 2.15. The molecule has 0 bridgehead atoms. The summed E-state index contributed by atoms with van der Waals surface area (Å²) in [5.74, 6) is 0.882. The second kappa shape index (κ2) is 6.95. The fourth-order valence-electron chi connectivity index (χ4n) is 2.35. The number of aromatic nitrogens is 3. The molecule has 1 amide bonds. The summed E-state index contributed by atoms with van der Waals surface area (Å²) in [7, 11) is 1.53. The van der Waals surface area contributed by atoms with Gasteiger partial charge < -0.3 is 10.1 Å². The number of aryl methyl sites for hydroxylation is 1. The Morgan fingerprint density at radius 1 is 1.21 bits per heavy atom. The van der Waals surface area contributed by atoms with E-state index in [1.165, 1.54) is 13.3 Å².